The van der Waals surface area contributed by atoms with Crippen LogP contribution in [0.3, 0.4) is 0 Å². The fraction of sp³-hybridized carbons (Fsp3) is 0.650. The number of carbonyl (C=O) groups excluding carboxylic acids is 1. The molecule has 2 N–H and O–H groups in total. The average Bonchev–Trinajstić information content (AvgIpc) is 2.69. The Morgan fingerprint density at radius 1 is 1.14 bits per heavy atom. The lowest BCUT2D eigenvalue weighted by molar-refractivity contribution is 0.238. The molecule has 0 saturated carbocycles. The summed E-state index contributed by atoms with van der Waals surface area (Å²) in [6, 6.07) is 5.29. The number of halogens is 1. The molecule has 0 spiro atoms. The van der Waals surface area contributed by atoms with Crippen molar-refractivity contribution in [1.29, 1.82) is 0 Å². The third-order valence-electron chi connectivity index (χ3n) is 5.55. The van der Waals surface area contributed by atoms with Gasteiger partial charge in [0.2, 0.25) is 10.0 Å². The van der Waals surface area contributed by atoms with Gasteiger partial charge in [0.1, 0.15) is 0 Å². The van der Waals surface area contributed by atoms with Crippen LogP contribution in [-0.4, -0.2) is 56.7 Å². The first kappa shape index (κ1) is 22.2. The second-order valence-electron chi connectivity index (χ2n) is 7.80. The number of hydrogen-bond donors (Lipinski definition) is 2. The van der Waals surface area contributed by atoms with Crippen molar-refractivity contribution in [3.63, 3.8) is 0 Å². The van der Waals surface area contributed by atoms with E-state index in [0.717, 1.165) is 18.8 Å². The van der Waals surface area contributed by atoms with Gasteiger partial charge < -0.3 is 15.5 Å². The maximum atomic E-state index is 12.4. The smallest absolute Gasteiger partial charge is 0.319 e. The van der Waals surface area contributed by atoms with E-state index in [1.165, 1.54) is 23.6 Å². The SMILES string of the molecule is CCCS(=O)(=O)N1CCC(NC(=O)Nc2ccc(N3CCCCC3)c(Cl)c2)CC1. The summed E-state index contributed by atoms with van der Waals surface area (Å²) in [5.74, 6) is 0.180. The lowest BCUT2D eigenvalue weighted by atomic mass is 10.1. The molecule has 7 nitrogen and oxygen atoms in total. The minimum atomic E-state index is -3.17. The molecule has 0 bridgehead atoms. The summed E-state index contributed by atoms with van der Waals surface area (Å²) < 4.78 is 25.8. The van der Waals surface area contributed by atoms with Crippen LogP contribution in [0.2, 0.25) is 5.02 Å². The van der Waals surface area contributed by atoms with Gasteiger partial charge in [0, 0.05) is 37.9 Å². The topological polar surface area (TPSA) is 81.8 Å². The number of carbonyl (C=O) groups is 1. The Hall–Kier alpha value is -1.51. The molecular formula is C20H31ClN4O3S. The highest BCUT2D eigenvalue weighted by atomic mass is 35.5. The summed E-state index contributed by atoms with van der Waals surface area (Å²) in [6.07, 6.45) is 5.46. The van der Waals surface area contributed by atoms with Crippen LogP contribution >= 0.6 is 11.6 Å². The molecule has 2 saturated heterocycles. The van der Waals surface area contributed by atoms with Crippen molar-refractivity contribution >= 4 is 39.0 Å². The quantitative estimate of drug-likeness (QED) is 0.704. The lowest BCUT2D eigenvalue weighted by Gasteiger charge is -2.31. The molecule has 29 heavy (non-hydrogen) atoms. The van der Waals surface area contributed by atoms with Gasteiger partial charge in [0.15, 0.2) is 0 Å². The van der Waals surface area contributed by atoms with E-state index >= 15 is 0 Å². The molecule has 2 heterocycles. The Bertz CT molecular complexity index is 804. The molecule has 0 unspecified atom stereocenters. The van der Waals surface area contributed by atoms with E-state index in [1.54, 1.807) is 6.07 Å². The van der Waals surface area contributed by atoms with E-state index in [1.807, 2.05) is 19.1 Å². The van der Waals surface area contributed by atoms with Crippen molar-refractivity contribution < 1.29 is 13.2 Å². The van der Waals surface area contributed by atoms with Gasteiger partial charge in [-0.3, -0.25) is 0 Å². The van der Waals surface area contributed by atoms with E-state index in [-0.39, 0.29) is 17.8 Å². The van der Waals surface area contributed by atoms with Crippen LogP contribution in [0, 0.1) is 0 Å². The number of nitrogens with one attached hydrogen (secondary N) is 2. The Balaban J connectivity index is 1.49. The second-order valence-corrected chi connectivity index (χ2v) is 10.3. The molecule has 3 rings (SSSR count). The third kappa shape index (κ3) is 5.99. The normalized spacial score (nSPS) is 19.2. The summed E-state index contributed by atoms with van der Waals surface area (Å²) in [5.41, 5.74) is 1.66. The van der Waals surface area contributed by atoms with Gasteiger partial charge in [-0.05, 0) is 56.7 Å². The number of nitrogens with zero attached hydrogens (tertiary/aromatic N) is 2. The molecule has 2 aliphatic rings. The summed E-state index contributed by atoms with van der Waals surface area (Å²) in [5, 5.41) is 6.42. The second kappa shape index (κ2) is 10.00. The maximum absolute atomic E-state index is 12.4. The summed E-state index contributed by atoms with van der Waals surface area (Å²) >= 11 is 6.45. The first-order chi connectivity index (χ1) is 13.9. The van der Waals surface area contributed by atoms with Crippen molar-refractivity contribution in [2.75, 3.05) is 42.1 Å². The molecule has 0 atom stereocenters. The molecule has 0 aliphatic carbocycles. The Labute approximate surface area is 178 Å². The molecular weight excluding hydrogens is 412 g/mol. The Kier molecular flexibility index (Phi) is 7.65. The van der Waals surface area contributed by atoms with Crippen LogP contribution in [-0.2, 0) is 10.0 Å². The van der Waals surface area contributed by atoms with Crippen molar-refractivity contribution in [3.8, 4) is 0 Å². The Morgan fingerprint density at radius 3 is 2.45 bits per heavy atom. The van der Waals surface area contributed by atoms with Gasteiger partial charge in [-0.2, -0.15) is 0 Å². The zero-order valence-corrected chi connectivity index (χ0v) is 18.6. The van der Waals surface area contributed by atoms with Gasteiger partial charge >= 0.3 is 6.03 Å². The summed E-state index contributed by atoms with van der Waals surface area (Å²) in [7, 11) is -3.17. The number of benzene rings is 1. The van der Waals surface area contributed by atoms with E-state index in [0.29, 0.717) is 43.1 Å². The molecule has 0 aromatic heterocycles. The Morgan fingerprint density at radius 2 is 1.83 bits per heavy atom. The van der Waals surface area contributed by atoms with Gasteiger partial charge in [-0.25, -0.2) is 17.5 Å². The van der Waals surface area contributed by atoms with Gasteiger partial charge in [-0.1, -0.05) is 18.5 Å². The molecule has 2 amide bonds. The highest BCUT2D eigenvalue weighted by molar-refractivity contribution is 7.89. The highest BCUT2D eigenvalue weighted by Crippen LogP contribution is 2.30. The predicted octanol–water partition coefficient (Wildman–Crippen LogP) is 3.66. The standard InChI is InChI=1S/C20H31ClN4O3S/c1-2-14-29(27,28)25-12-8-16(9-13-25)22-20(26)23-17-6-7-19(18(21)15-17)24-10-4-3-5-11-24/h6-7,15-16H,2-5,8-14H2,1H3,(H2,22,23,26). The van der Waals surface area contributed by atoms with Gasteiger partial charge in [-0.15, -0.1) is 0 Å². The summed E-state index contributed by atoms with van der Waals surface area (Å²) in [4.78, 5) is 14.6. The monoisotopic (exact) mass is 442 g/mol. The van der Waals surface area contributed by atoms with Crippen LogP contribution in [0.25, 0.3) is 0 Å². The molecule has 1 aromatic carbocycles. The first-order valence-electron chi connectivity index (χ1n) is 10.5. The van der Waals surface area contributed by atoms with Gasteiger partial charge in [0.05, 0.1) is 16.5 Å². The zero-order valence-electron chi connectivity index (χ0n) is 17.0. The van der Waals surface area contributed by atoms with E-state index in [4.69, 9.17) is 11.6 Å². The summed E-state index contributed by atoms with van der Waals surface area (Å²) in [6.45, 7) is 4.79. The fourth-order valence-electron chi connectivity index (χ4n) is 3.99. The number of anilines is 2. The third-order valence-corrected chi connectivity index (χ3v) is 7.93. The lowest BCUT2D eigenvalue weighted by Crippen LogP contribution is -2.47. The van der Waals surface area contributed by atoms with E-state index in [9.17, 15) is 13.2 Å². The van der Waals surface area contributed by atoms with Crippen LogP contribution in [0.1, 0.15) is 45.4 Å². The van der Waals surface area contributed by atoms with Crippen LogP contribution in [0.5, 0.6) is 0 Å². The minimum Gasteiger partial charge on any atom is -0.370 e. The number of hydrogen-bond acceptors (Lipinski definition) is 4. The average molecular weight is 443 g/mol. The number of rotatable bonds is 6. The predicted molar refractivity (Wildman–Crippen MR) is 118 cm³/mol. The fourth-order valence-corrected chi connectivity index (χ4v) is 5.84. The molecule has 162 valence electrons. The van der Waals surface area contributed by atoms with Crippen molar-refractivity contribution in [3.05, 3.63) is 23.2 Å². The van der Waals surface area contributed by atoms with E-state index < -0.39 is 10.0 Å². The van der Waals surface area contributed by atoms with Crippen LogP contribution in [0.4, 0.5) is 16.2 Å². The largest absolute Gasteiger partial charge is 0.370 e. The van der Waals surface area contributed by atoms with Crippen molar-refractivity contribution in [2.24, 2.45) is 0 Å². The van der Waals surface area contributed by atoms with Crippen molar-refractivity contribution in [2.45, 2.75) is 51.5 Å². The molecule has 2 aliphatic heterocycles. The minimum absolute atomic E-state index is 0.0360. The van der Waals surface area contributed by atoms with Gasteiger partial charge in [0.25, 0.3) is 0 Å². The number of piperidine rings is 2. The van der Waals surface area contributed by atoms with E-state index in [2.05, 4.69) is 15.5 Å². The molecule has 9 heteroatoms. The first-order valence-corrected chi connectivity index (χ1v) is 12.5. The highest BCUT2D eigenvalue weighted by Gasteiger charge is 2.28. The zero-order chi connectivity index (χ0) is 20.9. The van der Waals surface area contributed by atoms with Crippen LogP contribution in [0.15, 0.2) is 18.2 Å². The molecule has 1 aromatic rings. The molecule has 2 fully saturated rings. The number of amides is 2. The number of urea groups is 1. The molecule has 0 radical (unpaired) electrons. The number of sulfonamides is 1. The maximum Gasteiger partial charge on any atom is 0.319 e. The van der Waals surface area contributed by atoms with Crippen LogP contribution < -0.4 is 15.5 Å². The van der Waals surface area contributed by atoms with Crippen molar-refractivity contribution in [1.82, 2.24) is 9.62 Å².